The largest absolute Gasteiger partial charge is 0.371 e. The fourth-order valence-corrected chi connectivity index (χ4v) is 0.433. The van der Waals surface area contributed by atoms with E-state index in [1.807, 2.05) is 0 Å². The molecular weight excluding hydrogens is 92.1 g/mol. The molecule has 1 unspecified atom stereocenters. The molecule has 0 aliphatic carbocycles. The van der Waals surface area contributed by atoms with Crippen molar-refractivity contribution in [1.82, 2.24) is 10.9 Å². The summed E-state index contributed by atoms with van der Waals surface area (Å²) in [7, 11) is 0. The predicted octanol–water partition coefficient (Wildman–Crippen LogP) is -0.684. The van der Waals surface area contributed by atoms with Crippen LogP contribution in [0.15, 0.2) is 12.3 Å². The van der Waals surface area contributed by atoms with Crippen LogP contribution in [0.25, 0.3) is 0 Å². The molecular formula is C4H8N2O. The second kappa shape index (κ2) is 1.21. The maximum absolute atomic E-state index is 8.93. The fourth-order valence-electron chi connectivity index (χ4n) is 0.433. The van der Waals surface area contributed by atoms with Crippen LogP contribution in [0.5, 0.6) is 0 Å². The minimum atomic E-state index is -0.847. The molecule has 0 amide bonds. The van der Waals surface area contributed by atoms with Crippen LogP contribution in [-0.4, -0.2) is 10.8 Å². The SMILES string of the molecule is CC1(O)C=CNN1. The maximum Gasteiger partial charge on any atom is 0.150 e. The van der Waals surface area contributed by atoms with E-state index in [0.29, 0.717) is 0 Å². The summed E-state index contributed by atoms with van der Waals surface area (Å²) >= 11 is 0. The van der Waals surface area contributed by atoms with Gasteiger partial charge >= 0.3 is 0 Å². The molecule has 0 bridgehead atoms. The maximum atomic E-state index is 8.93. The third-order valence-electron chi connectivity index (χ3n) is 0.816. The van der Waals surface area contributed by atoms with Crippen LogP contribution in [0.2, 0.25) is 0 Å². The van der Waals surface area contributed by atoms with Crippen molar-refractivity contribution >= 4 is 0 Å². The lowest BCUT2D eigenvalue weighted by Gasteiger charge is -2.12. The topological polar surface area (TPSA) is 44.3 Å². The molecule has 3 N–H and O–H groups in total. The van der Waals surface area contributed by atoms with Crippen molar-refractivity contribution in [1.29, 1.82) is 0 Å². The van der Waals surface area contributed by atoms with Gasteiger partial charge in [0.05, 0.1) is 0 Å². The van der Waals surface area contributed by atoms with Gasteiger partial charge in [-0.15, -0.1) is 0 Å². The second-order valence-electron chi connectivity index (χ2n) is 1.75. The van der Waals surface area contributed by atoms with E-state index in [-0.39, 0.29) is 0 Å². The van der Waals surface area contributed by atoms with E-state index in [0.717, 1.165) is 0 Å². The number of aliphatic hydroxyl groups is 1. The molecule has 0 aromatic rings. The van der Waals surface area contributed by atoms with E-state index in [9.17, 15) is 0 Å². The molecule has 0 saturated heterocycles. The highest BCUT2D eigenvalue weighted by Gasteiger charge is 2.17. The third kappa shape index (κ3) is 0.913. The molecule has 0 spiro atoms. The first kappa shape index (κ1) is 4.61. The zero-order valence-electron chi connectivity index (χ0n) is 4.10. The van der Waals surface area contributed by atoms with Gasteiger partial charge in [-0.1, -0.05) is 0 Å². The van der Waals surface area contributed by atoms with Gasteiger partial charge in [0.15, 0.2) is 0 Å². The van der Waals surface area contributed by atoms with Crippen molar-refractivity contribution in [2.75, 3.05) is 0 Å². The van der Waals surface area contributed by atoms with Gasteiger partial charge < -0.3 is 10.5 Å². The normalized spacial score (nSPS) is 38.6. The van der Waals surface area contributed by atoms with E-state index in [2.05, 4.69) is 10.9 Å². The summed E-state index contributed by atoms with van der Waals surface area (Å²) in [6.45, 7) is 1.66. The van der Waals surface area contributed by atoms with E-state index < -0.39 is 5.72 Å². The van der Waals surface area contributed by atoms with Crippen LogP contribution in [0.4, 0.5) is 0 Å². The van der Waals surface area contributed by atoms with Crippen molar-refractivity contribution in [3.63, 3.8) is 0 Å². The highest BCUT2D eigenvalue weighted by atomic mass is 16.3. The first-order valence-corrected chi connectivity index (χ1v) is 2.13. The van der Waals surface area contributed by atoms with Gasteiger partial charge in [0.1, 0.15) is 5.72 Å². The second-order valence-corrected chi connectivity index (χ2v) is 1.75. The number of nitrogens with one attached hydrogen (secondary N) is 2. The molecule has 0 radical (unpaired) electrons. The molecule has 3 nitrogen and oxygen atoms in total. The van der Waals surface area contributed by atoms with Crippen LogP contribution in [0, 0.1) is 0 Å². The van der Waals surface area contributed by atoms with Gasteiger partial charge in [-0.3, -0.25) is 0 Å². The summed E-state index contributed by atoms with van der Waals surface area (Å²) in [6.07, 6.45) is 3.28. The van der Waals surface area contributed by atoms with Gasteiger partial charge in [-0.05, 0) is 13.0 Å². The van der Waals surface area contributed by atoms with Gasteiger partial charge in [-0.25, -0.2) is 5.43 Å². The number of hydrogen-bond donors (Lipinski definition) is 3. The lowest BCUT2D eigenvalue weighted by Crippen LogP contribution is -2.41. The Bertz CT molecular complexity index is 97.9. The molecule has 1 rings (SSSR count). The molecule has 1 heterocycles. The third-order valence-corrected chi connectivity index (χ3v) is 0.816. The quantitative estimate of drug-likeness (QED) is 0.378. The summed E-state index contributed by atoms with van der Waals surface area (Å²) in [6, 6.07) is 0. The van der Waals surface area contributed by atoms with Crippen LogP contribution in [-0.2, 0) is 0 Å². The highest BCUT2D eigenvalue weighted by molar-refractivity contribution is 4.99. The smallest absolute Gasteiger partial charge is 0.150 e. The lowest BCUT2D eigenvalue weighted by atomic mass is 10.3. The van der Waals surface area contributed by atoms with Crippen LogP contribution in [0.1, 0.15) is 6.92 Å². The summed E-state index contributed by atoms with van der Waals surface area (Å²) < 4.78 is 0. The Morgan fingerprint density at radius 3 is 2.57 bits per heavy atom. The molecule has 0 saturated carbocycles. The van der Waals surface area contributed by atoms with Gasteiger partial charge in [-0.2, -0.15) is 0 Å². The number of hydrazine groups is 1. The van der Waals surface area contributed by atoms with Gasteiger partial charge in [0, 0.05) is 6.20 Å². The van der Waals surface area contributed by atoms with Crippen molar-refractivity contribution in [2.45, 2.75) is 12.6 Å². The average Bonchev–Trinajstić information content (AvgIpc) is 1.84. The standard InChI is InChI=1S/C4H8N2O/c1-4(7)2-3-5-6-4/h2-3,5-7H,1H3. The van der Waals surface area contributed by atoms with Crippen LogP contribution >= 0.6 is 0 Å². The van der Waals surface area contributed by atoms with E-state index in [1.54, 1.807) is 19.2 Å². The number of hydrogen-bond acceptors (Lipinski definition) is 3. The van der Waals surface area contributed by atoms with Crippen molar-refractivity contribution in [3.8, 4) is 0 Å². The number of rotatable bonds is 0. The summed E-state index contributed by atoms with van der Waals surface area (Å²) in [5, 5.41) is 8.93. The zero-order valence-corrected chi connectivity index (χ0v) is 4.10. The first-order chi connectivity index (χ1) is 3.21. The van der Waals surface area contributed by atoms with E-state index >= 15 is 0 Å². The fraction of sp³-hybridized carbons (Fsp3) is 0.500. The van der Waals surface area contributed by atoms with Crippen LogP contribution in [0.3, 0.4) is 0 Å². The summed E-state index contributed by atoms with van der Waals surface area (Å²) in [5.74, 6) is 0. The molecule has 40 valence electrons. The monoisotopic (exact) mass is 100 g/mol. The average molecular weight is 100 g/mol. The molecule has 0 fully saturated rings. The summed E-state index contributed by atoms with van der Waals surface area (Å²) in [4.78, 5) is 0. The van der Waals surface area contributed by atoms with Gasteiger partial charge in [0.2, 0.25) is 0 Å². The Balaban J connectivity index is 2.57. The highest BCUT2D eigenvalue weighted by Crippen LogP contribution is 2.00. The van der Waals surface area contributed by atoms with Crippen molar-refractivity contribution in [3.05, 3.63) is 12.3 Å². The molecule has 0 aromatic heterocycles. The molecule has 1 aliphatic heterocycles. The minimum absolute atomic E-state index is 0.847. The zero-order chi connectivity index (χ0) is 5.33. The molecule has 1 aliphatic rings. The van der Waals surface area contributed by atoms with Crippen molar-refractivity contribution < 1.29 is 5.11 Å². The first-order valence-electron chi connectivity index (χ1n) is 2.13. The predicted molar refractivity (Wildman–Crippen MR) is 26.0 cm³/mol. The van der Waals surface area contributed by atoms with Crippen LogP contribution < -0.4 is 10.9 Å². The molecule has 1 atom stereocenters. The van der Waals surface area contributed by atoms with E-state index in [1.165, 1.54) is 0 Å². The Labute approximate surface area is 42.0 Å². The minimum Gasteiger partial charge on any atom is -0.371 e. The molecule has 3 heteroatoms. The van der Waals surface area contributed by atoms with E-state index in [4.69, 9.17) is 5.11 Å². The lowest BCUT2D eigenvalue weighted by molar-refractivity contribution is 0.0756. The summed E-state index contributed by atoms with van der Waals surface area (Å²) in [5.41, 5.74) is 4.38. The Morgan fingerprint density at radius 1 is 1.71 bits per heavy atom. The van der Waals surface area contributed by atoms with Crippen molar-refractivity contribution in [2.24, 2.45) is 0 Å². The Morgan fingerprint density at radius 2 is 2.43 bits per heavy atom. The van der Waals surface area contributed by atoms with Gasteiger partial charge in [0.25, 0.3) is 0 Å². The molecule has 0 aromatic carbocycles. The Hall–Kier alpha value is -0.540. The Kier molecular flexibility index (Phi) is 0.800. The molecule has 7 heavy (non-hydrogen) atoms.